The predicted molar refractivity (Wildman–Crippen MR) is 166 cm³/mol. The van der Waals surface area contributed by atoms with Crippen LogP contribution >= 0.6 is 0 Å². The number of epoxide rings is 1. The van der Waals surface area contributed by atoms with Crippen LogP contribution in [-0.4, -0.2) is 95.0 Å². The van der Waals surface area contributed by atoms with Gasteiger partial charge in [-0.15, -0.1) is 0 Å². The average molecular weight is 703 g/mol. The summed E-state index contributed by atoms with van der Waals surface area (Å²) in [5.41, 5.74) is -6.21. The summed E-state index contributed by atoms with van der Waals surface area (Å²) in [5.74, 6) is -6.57. The Balaban J connectivity index is 1.47. The highest BCUT2D eigenvalue weighted by Crippen LogP contribution is 2.83. The molecule has 4 aliphatic carbocycles. The van der Waals surface area contributed by atoms with Crippen LogP contribution in [0.2, 0.25) is 0 Å². The highest BCUT2D eigenvalue weighted by Gasteiger charge is 2.93. The highest BCUT2D eigenvalue weighted by atomic mass is 16.7. The molecule has 274 valence electrons. The van der Waals surface area contributed by atoms with Crippen molar-refractivity contribution in [2.45, 2.75) is 123 Å². The van der Waals surface area contributed by atoms with Crippen molar-refractivity contribution in [3.05, 3.63) is 24.2 Å². The van der Waals surface area contributed by atoms with Crippen LogP contribution in [0.1, 0.15) is 79.7 Å². The molecule has 0 radical (unpaired) electrons. The molecule has 6 aliphatic rings. The number of hydrogen-bond donors (Lipinski definition) is 2. The molecule has 6 fully saturated rings. The fraction of sp³-hybridized carbons (Fsp3) is 0.750. The molecule has 14 nitrogen and oxygen atoms in total. The molecule has 0 aromatic carbocycles. The number of aliphatic hydroxyl groups is 2. The van der Waals surface area contributed by atoms with Gasteiger partial charge >= 0.3 is 23.9 Å². The van der Waals surface area contributed by atoms with Crippen molar-refractivity contribution in [3.8, 4) is 0 Å². The zero-order chi connectivity index (χ0) is 36.5. The number of furan rings is 1. The molecular formula is C36H46O14. The number of Topliss-reactive ketones (excluding diaryl/α,β-unsaturated/α-hetero) is 1. The maximum Gasteiger partial charge on any atom is 0.310 e. The van der Waals surface area contributed by atoms with E-state index in [0.717, 1.165) is 19.4 Å². The Morgan fingerprint density at radius 1 is 0.900 bits per heavy atom. The van der Waals surface area contributed by atoms with E-state index in [1.807, 2.05) is 6.92 Å². The molecule has 2 N–H and O–H groups in total. The van der Waals surface area contributed by atoms with Crippen LogP contribution < -0.4 is 0 Å². The van der Waals surface area contributed by atoms with Gasteiger partial charge in [0.25, 0.3) is 0 Å². The largest absolute Gasteiger partial charge is 0.472 e. The normalized spacial score (nSPS) is 48.3. The van der Waals surface area contributed by atoms with Crippen molar-refractivity contribution in [3.63, 3.8) is 0 Å². The van der Waals surface area contributed by atoms with Crippen LogP contribution in [0.3, 0.4) is 0 Å². The Kier molecular flexibility index (Phi) is 7.78. The third kappa shape index (κ3) is 4.07. The summed E-state index contributed by atoms with van der Waals surface area (Å²) in [6.07, 6.45) is -5.69. The first kappa shape index (κ1) is 35.1. The SMILES string of the molecule is CC(=O)O[C@@H]1[C@H](O)[C@H](OC(C)=O)[C@@]23COC(OC(=O)C(C)C)[C@]1(C)[C@@H]2C[C@@H](O)[C@]1(C)[C@@H]3C(=O)[C@H](OC(C)=O)[C@@]2(C)[C@H](c3ccoc3)C[C@H]3O[C@]321. The second-order valence-electron chi connectivity index (χ2n) is 16.1. The number of carbonyl (C=O) groups excluding carboxylic acids is 5. The first-order chi connectivity index (χ1) is 23.3. The summed E-state index contributed by atoms with van der Waals surface area (Å²) in [7, 11) is 0. The van der Waals surface area contributed by atoms with Crippen molar-refractivity contribution in [2.24, 2.45) is 39.4 Å². The van der Waals surface area contributed by atoms with Gasteiger partial charge in [0.2, 0.25) is 6.29 Å². The lowest BCUT2D eigenvalue weighted by atomic mass is 9.33. The molecule has 0 amide bonds. The molecule has 2 aliphatic heterocycles. The Hall–Kier alpha value is -3.33. The van der Waals surface area contributed by atoms with Gasteiger partial charge < -0.3 is 43.1 Å². The van der Waals surface area contributed by atoms with Crippen LogP contribution in [0.5, 0.6) is 0 Å². The van der Waals surface area contributed by atoms with Crippen molar-refractivity contribution < 1.29 is 67.0 Å². The number of carbonyl (C=O) groups is 5. The van der Waals surface area contributed by atoms with Crippen LogP contribution in [0.15, 0.2) is 23.0 Å². The van der Waals surface area contributed by atoms with Gasteiger partial charge in [-0.05, 0) is 37.3 Å². The molecule has 14 heteroatoms. The molecule has 3 heterocycles. The Labute approximate surface area is 289 Å². The molecular weight excluding hydrogens is 656 g/mol. The third-order valence-electron chi connectivity index (χ3n) is 13.5. The van der Waals surface area contributed by atoms with Gasteiger partial charge in [-0.1, -0.05) is 27.7 Å². The van der Waals surface area contributed by atoms with Gasteiger partial charge in [0.15, 0.2) is 11.9 Å². The van der Waals surface area contributed by atoms with Gasteiger partial charge in [-0.25, -0.2) is 0 Å². The summed E-state index contributed by atoms with van der Waals surface area (Å²) >= 11 is 0. The van der Waals surface area contributed by atoms with Gasteiger partial charge in [-0.3, -0.25) is 24.0 Å². The lowest BCUT2D eigenvalue weighted by Gasteiger charge is -2.73. The van der Waals surface area contributed by atoms with Crippen molar-refractivity contribution in [1.82, 2.24) is 0 Å². The van der Waals surface area contributed by atoms with E-state index < -0.39 is 118 Å². The number of fused-ring (bicyclic) bond motifs is 1. The number of aliphatic hydroxyl groups excluding tert-OH is 2. The summed E-state index contributed by atoms with van der Waals surface area (Å²) in [6.45, 7) is 11.7. The maximum absolute atomic E-state index is 15.6. The maximum atomic E-state index is 15.6. The van der Waals surface area contributed by atoms with E-state index in [0.29, 0.717) is 6.42 Å². The monoisotopic (exact) mass is 702 g/mol. The zero-order valence-electron chi connectivity index (χ0n) is 29.5. The van der Waals surface area contributed by atoms with Crippen molar-refractivity contribution in [2.75, 3.05) is 6.61 Å². The summed E-state index contributed by atoms with van der Waals surface area (Å²) < 4.78 is 42.1. The molecule has 1 spiro atoms. The number of esters is 4. The van der Waals surface area contributed by atoms with E-state index in [2.05, 4.69) is 0 Å². The van der Waals surface area contributed by atoms with E-state index >= 15 is 4.79 Å². The topological polar surface area (TPSA) is 198 Å². The van der Waals surface area contributed by atoms with E-state index in [9.17, 15) is 29.4 Å². The van der Waals surface area contributed by atoms with E-state index in [1.54, 1.807) is 40.0 Å². The first-order valence-electron chi connectivity index (χ1n) is 17.3. The van der Waals surface area contributed by atoms with Crippen LogP contribution in [0, 0.1) is 39.4 Å². The quantitative estimate of drug-likeness (QED) is 0.249. The van der Waals surface area contributed by atoms with Crippen LogP contribution in [-0.2, 0) is 52.4 Å². The van der Waals surface area contributed by atoms with Crippen LogP contribution in [0.4, 0.5) is 0 Å². The number of hydrogen-bond acceptors (Lipinski definition) is 14. The molecule has 2 saturated heterocycles. The fourth-order valence-electron chi connectivity index (χ4n) is 11.8. The minimum atomic E-state index is -1.73. The van der Waals surface area contributed by atoms with Gasteiger partial charge in [0, 0.05) is 43.4 Å². The molecule has 2 bridgehead atoms. The zero-order valence-corrected chi connectivity index (χ0v) is 29.5. The van der Waals surface area contributed by atoms with Crippen LogP contribution in [0.25, 0.3) is 0 Å². The van der Waals surface area contributed by atoms with Crippen molar-refractivity contribution in [1.29, 1.82) is 0 Å². The smallest absolute Gasteiger partial charge is 0.310 e. The van der Waals surface area contributed by atoms with E-state index in [4.69, 9.17) is 32.8 Å². The predicted octanol–water partition coefficient (Wildman–Crippen LogP) is 2.21. The first-order valence-corrected chi connectivity index (χ1v) is 17.3. The number of rotatable bonds is 6. The van der Waals surface area contributed by atoms with Crippen molar-refractivity contribution >= 4 is 29.7 Å². The third-order valence-corrected chi connectivity index (χ3v) is 13.5. The average Bonchev–Trinajstić information content (AvgIpc) is 3.38. The molecule has 1 aromatic heterocycles. The lowest BCUT2D eigenvalue weighted by molar-refractivity contribution is -0.391. The Morgan fingerprint density at radius 2 is 1.54 bits per heavy atom. The Morgan fingerprint density at radius 3 is 2.12 bits per heavy atom. The molecule has 1 unspecified atom stereocenters. The standard InChI is InChI=1S/C36H46O14/c1-15(2)30(43)49-31-32(6)21-12-22(40)34(8)26(35(21,14-45-31)29(48-18(5)39)25(42)27(32)46-16(3)37)24(41)28(47-17(4)38)33(7)20(19-9-10-44-13-19)11-23-36(33,34)50-23/h9-10,13,15,20-23,25-29,31,40,42H,11-12,14H2,1-8H3/t20-,21-,22+,23+,25-,26-,27+,28-,29-,31?,32+,33+,34+,35-,36+/m0/s1. The van der Waals surface area contributed by atoms with E-state index in [-0.39, 0.29) is 18.9 Å². The summed E-state index contributed by atoms with van der Waals surface area (Å²) in [4.78, 5) is 66.9. The summed E-state index contributed by atoms with van der Waals surface area (Å²) in [5, 5.41) is 24.9. The molecule has 1 aromatic rings. The minimum Gasteiger partial charge on any atom is -0.472 e. The number of ether oxygens (including phenoxy) is 6. The Bertz CT molecular complexity index is 1620. The second-order valence-corrected chi connectivity index (χ2v) is 16.1. The minimum absolute atomic E-state index is 0.0549. The lowest BCUT2D eigenvalue weighted by Crippen LogP contribution is -2.84. The fourth-order valence-corrected chi connectivity index (χ4v) is 11.8. The molecule has 7 rings (SSSR count). The van der Waals surface area contributed by atoms with E-state index in [1.165, 1.54) is 13.2 Å². The molecule has 15 atom stereocenters. The van der Waals surface area contributed by atoms with Gasteiger partial charge in [0.1, 0.15) is 23.9 Å². The van der Waals surface area contributed by atoms with Gasteiger partial charge in [-0.2, -0.15) is 0 Å². The number of ketones is 1. The second kappa shape index (κ2) is 11.1. The highest BCUT2D eigenvalue weighted by molar-refractivity contribution is 5.93. The summed E-state index contributed by atoms with van der Waals surface area (Å²) in [6, 6.07) is 1.80. The van der Waals surface area contributed by atoms with Gasteiger partial charge in [0.05, 0.1) is 48.1 Å². The molecule has 4 saturated carbocycles. The molecule has 50 heavy (non-hydrogen) atoms.